The molecule has 4 aromatic carbocycles. The second-order valence-electron chi connectivity index (χ2n) is 18.6. The number of aliphatic hydroxyl groups is 1. The zero-order valence-electron chi connectivity index (χ0n) is 43.2. The summed E-state index contributed by atoms with van der Waals surface area (Å²) in [6.45, 7) is 7.07. The van der Waals surface area contributed by atoms with E-state index in [1.807, 2.05) is 121 Å². The Bertz CT molecular complexity index is 2450. The van der Waals surface area contributed by atoms with Crippen molar-refractivity contribution in [2.45, 2.75) is 160 Å². The summed E-state index contributed by atoms with van der Waals surface area (Å²) in [5.74, 6) is -3.90. The summed E-state index contributed by atoms with van der Waals surface area (Å²) in [6, 6.07) is 36.4. The minimum absolute atomic E-state index is 0.0475. The molecule has 3 heterocycles. The molecule has 4 aromatic rings. The van der Waals surface area contributed by atoms with Gasteiger partial charge in [0.1, 0.15) is 55.4 Å². The number of amides is 1. The van der Waals surface area contributed by atoms with Crippen LogP contribution in [-0.4, -0.2) is 140 Å². The van der Waals surface area contributed by atoms with E-state index in [2.05, 4.69) is 5.32 Å². The molecule has 3 fully saturated rings. The molecule has 0 unspecified atom stereocenters. The zero-order valence-corrected chi connectivity index (χ0v) is 43.2. The zero-order chi connectivity index (χ0) is 54.1. The van der Waals surface area contributed by atoms with Crippen molar-refractivity contribution < 1.29 is 90.7 Å². The predicted octanol–water partition coefficient (Wildman–Crippen LogP) is 4.78. The Balaban J connectivity index is 1.33. The van der Waals surface area contributed by atoms with Crippen molar-refractivity contribution in [1.82, 2.24) is 5.32 Å². The smallest absolute Gasteiger partial charge is 0.303 e. The molecule has 0 spiro atoms. The van der Waals surface area contributed by atoms with Crippen LogP contribution in [0.2, 0.25) is 0 Å². The van der Waals surface area contributed by atoms with Crippen LogP contribution < -0.4 is 5.32 Å². The van der Waals surface area contributed by atoms with Gasteiger partial charge in [-0.25, -0.2) is 0 Å². The minimum atomic E-state index is -1.79. The van der Waals surface area contributed by atoms with E-state index in [9.17, 15) is 29.1 Å². The normalized spacial score (nSPS) is 29.3. The first-order valence-corrected chi connectivity index (χ1v) is 25.1. The third-order valence-corrected chi connectivity index (χ3v) is 12.5. The molecule has 2 N–H and O–H groups in total. The van der Waals surface area contributed by atoms with Gasteiger partial charge in [0.05, 0.1) is 39.1 Å². The van der Waals surface area contributed by atoms with E-state index in [1.54, 1.807) is 6.92 Å². The molecule has 0 aromatic heterocycles. The summed E-state index contributed by atoms with van der Waals surface area (Å²) in [7, 11) is 0. The second kappa shape index (κ2) is 28.3. The number of esters is 4. The van der Waals surface area contributed by atoms with Crippen LogP contribution in [0.4, 0.5) is 0 Å². The number of aliphatic hydroxyl groups excluding tert-OH is 1. The molecule has 15 atom stereocenters. The summed E-state index contributed by atoms with van der Waals surface area (Å²) in [5.41, 5.74) is 3.36. The lowest BCUT2D eigenvalue weighted by molar-refractivity contribution is -0.377. The van der Waals surface area contributed by atoms with Crippen molar-refractivity contribution in [3.63, 3.8) is 0 Å². The van der Waals surface area contributed by atoms with E-state index in [0.29, 0.717) is 0 Å². The van der Waals surface area contributed by atoms with Crippen molar-refractivity contribution in [3.8, 4) is 0 Å². The van der Waals surface area contributed by atoms with Crippen LogP contribution in [0.15, 0.2) is 121 Å². The van der Waals surface area contributed by atoms with Crippen LogP contribution >= 0.6 is 0 Å². The molecular formula is C56H67NO19. The van der Waals surface area contributed by atoms with Crippen LogP contribution in [-0.2, 0) is 112 Å². The molecule has 1 amide bonds. The van der Waals surface area contributed by atoms with Crippen molar-refractivity contribution in [3.05, 3.63) is 144 Å². The third kappa shape index (κ3) is 16.4. The largest absolute Gasteiger partial charge is 0.463 e. The molecule has 20 heteroatoms. The number of carbonyl (C=O) groups is 5. The number of ether oxygens (including phenoxy) is 13. The minimum Gasteiger partial charge on any atom is -0.463 e. The number of nitrogens with one attached hydrogen (secondary N) is 1. The maximum absolute atomic E-state index is 13.2. The van der Waals surface area contributed by atoms with E-state index in [4.69, 9.17) is 61.6 Å². The van der Waals surface area contributed by atoms with Gasteiger partial charge in [0.25, 0.3) is 0 Å². The molecule has 3 aliphatic rings. The molecule has 0 saturated carbocycles. The lowest BCUT2D eigenvalue weighted by Gasteiger charge is -2.51. The van der Waals surface area contributed by atoms with Crippen LogP contribution in [0, 0.1) is 0 Å². The van der Waals surface area contributed by atoms with Gasteiger partial charge in [-0.05, 0) is 29.2 Å². The SMILES string of the molecule is CC(=O)N[C@@H]1[C@@H](O[C@@H]2O[C@@H](C)[C@@H](OCc3ccccc3)[C@@H](OCc3ccccc3)[C@@H]2OCc2ccccc2)[C@H](O[C@@H]2O[C@H](COC(C)=O)[C@H](OC(C)=O)[C@H](OC(C)=O)[C@H]2OC(C)=O)[C@@H](COCc2ccccc2)O[C@H]1O. The first-order chi connectivity index (χ1) is 36.6. The molecule has 76 heavy (non-hydrogen) atoms. The number of carbonyl (C=O) groups excluding carboxylic acids is 5. The summed E-state index contributed by atoms with van der Waals surface area (Å²) >= 11 is 0. The van der Waals surface area contributed by atoms with Crippen LogP contribution in [0.5, 0.6) is 0 Å². The average Bonchev–Trinajstić information content (AvgIpc) is 3.40. The summed E-state index contributed by atoms with van der Waals surface area (Å²) in [5, 5.41) is 14.7. The van der Waals surface area contributed by atoms with E-state index >= 15 is 0 Å². The van der Waals surface area contributed by atoms with Gasteiger partial charge in [-0.15, -0.1) is 0 Å². The molecule has 3 aliphatic heterocycles. The predicted molar refractivity (Wildman–Crippen MR) is 266 cm³/mol. The quantitative estimate of drug-likeness (QED) is 0.0751. The molecule has 0 radical (unpaired) electrons. The Morgan fingerprint density at radius 1 is 0.461 bits per heavy atom. The first kappa shape index (κ1) is 57.5. The Labute approximate surface area is 441 Å². The maximum atomic E-state index is 13.2. The van der Waals surface area contributed by atoms with Crippen molar-refractivity contribution in [2.24, 2.45) is 0 Å². The summed E-state index contributed by atoms with van der Waals surface area (Å²) < 4.78 is 82.5. The Morgan fingerprint density at radius 3 is 1.39 bits per heavy atom. The van der Waals surface area contributed by atoms with Crippen molar-refractivity contribution in [1.29, 1.82) is 0 Å². The number of rotatable bonds is 23. The molecule has 0 bridgehead atoms. The van der Waals surface area contributed by atoms with Crippen molar-refractivity contribution in [2.75, 3.05) is 13.2 Å². The highest BCUT2D eigenvalue weighted by atomic mass is 16.8. The topological polar surface area (TPSA) is 238 Å². The Kier molecular flexibility index (Phi) is 21.4. The number of benzene rings is 4. The van der Waals surface area contributed by atoms with Crippen LogP contribution in [0.3, 0.4) is 0 Å². The second-order valence-corrected chi connectivity index (χ2v) is 18.6. The summed E-state index contributed by atoms with van der Waals surface area (Å²) in [6.07, 6.45) is -19.0. The van der Waals surface area contributed by atoms with E-state index in [1.165, 1.54) is 6.92 Å². The standard InChI is InChI=1S/C56H67NO19/c1-33-46(66-28-40-21-13-8-14-22-40)50(67-29-41-23-15-9-16-24-41)52(68-30-42-25-17-10-18-26-42)55(69-33)76-49-45(57-34(2)58)54(63)73-43(31-64-27-39-19-11-7-12-20-39)47(49)75-56-53(72-38(6)62)51(71-37(5)61)48(70-36(4)60)44(74-56)32-65-35(3)59/h7-26,33,43-56,63H,27-32H2,1-6H3,(H,57,58)/t33-,43+,44+,45+,46+,47+,48-,49+,50+,51-,52-,53+,54+,55-,56-/m0/s1. The molecular weight excluding hydrogens is 991 g/mol. The Hall–Kier alpha value is -6.17. The highest BCUT2D eigenvalue weighted by Gasteiger charge is 2.58. The fourth-order valence-corrected chi connectivity index (χ4v) is 9.22. The number of hydrogen-bond acceptors (Lipinski definition) is 19. The monoisotopic (exact) mass is 1060 g/mol. The van der Waals surface area contributed by atoms with Gasteiger partial charge in [0.15, 0.2) is 37.2 Å². The first-order valence-electron chi connectivity index (χ1n) is 25.1. The van der Waals surface area contributed by atoms with Gasteiger partial charge in [-0.2, -0.15) is 0 Å². The molecule has 20 nitrogen and oxygen atoms in total. The van der Waals surface area contributed by atoms with E-state index < -0.39 is 128 Å². The lowest BCUT2D eigenvalue weighted by Crippen LogP contribution is -2.70. The van der Waals surface area contributed by atoms with Gasteiger partial charge < -0.3 is 72.0 Å². The lowest BCUT2D eigenvalue weighted by atomic mass is 9.94. The van der Waals surface area contributed by atoms with Gasteiger partial charge in [0.2, 0.25) is 5.91 Å². The average molecular weight is 1060 g/mol. The maximum Gasteiger partial charge on any atom is 0.303 e. The van der Waals surface area contributed by atoms with Crippen LogP contribution in [0.25, 0.3) is 0 Å². The molecule has 0 aliphatic carbocycles. The highest BCUT2D eigenvalue weighted by Crippen LogP contribution is 2.38. The van der Waals surface area contributed by atoms with Crippen molar-refractivity contribution >= 4 is 29.8 Å². The van der Waals surface area contributed by atoms with Gasteiger partial charge in [-0.1, -0.05) is 121 Å². The molecule has 3 saturated heterocycles. The number of hydrogen-bond donors (Lipinski definition) is 2. The highest BCUT2D eigenvalue weighted by molar-refractivity contribution is 5.73. The Morgan fingerprint density at radius 2 is 0.895 bits per heavy atom. The van der Waals surface area contributed by atoms with Gasteiger partial charge >= 0.3 is 23.9 Å². The summed E-state index contributed by atoms with van der Waals surface area (Å²) in [4.78, 5) is 63.9. The molecule has 410 valence electrons. The van der Waals surface area contributed by atoms with E-state index in [0.717, 1.165) is 49.9 Å². The fourth-order valence-electron chi connectivity index (χ4n) is 9.22. The fraction of sp³-hybridized carbons (Fsp3) is 0.482. The van der Waals surface area contributed by atoms with Gasteiger partial charge in [0, 0.05) is 34.6 Å². The van der Waals surface area contributed by atoms with Crippen LogP contribution in [0.1, 0.15) is 63.8 Å². The third-order valence-electron chi connectivity index (χ3n) is 12.5. The van der Waals surface area contributed by atoms with Gasteiger partial charge in [-0.3, -0.25) is 24.0 Å². The van der Waals surface area contributed by atoms with E-state index in [-0.39, 0.29) is 33.0 Å². The molecule has 7 rings (SSSR count).